The Morgan fingerprint density at radius 2 is 2.00 bits per heavy atom. The minimum absolute atomic E-state index is 0.853. The fourth-order valence-electron chi connectivity index (χ4n) is 2.55. The van der Waals surface area contributed by atoms with E-state index < -0.39 is 0 Å². The van der Waals surface area contributed by atoms with Gasteiger partial charge in [-0.1, -0.05) is 29.8 Å². The molecular weight excluding hydrogens is 158 g/mol. The van der Waals surface area contributed by atoms with Gasteiger partial charge < -0.3 is 5.32 Å². The number of nitrogens with one attached hydrogen (secondary N) is 1. The second-order valence-electron chi connectivity index (χ2n) is 4.43. The van der Waals surface area contributed by atoms with Crippen LogP contribution in [0.3, 0.4) is 0 Å². The van der Waals surface area contributed by atoms with Crippen LogP contribution in [-0.4, -0.2) is 12.6 Å². The van der Waals surface area contributed by atoms with Crippen LogP contribution in [0.1, 0.15) is 23.5 Å². The third-order valence-electron chi connectivity index (χ3n) is 3.66. The zero-order chi connectivity index (χ0) is 8.84. The quantitative estimate of drug-likeness (QED) is 0.685. The molecule has 0 spiro atoms. The number of rotatable bonds is 1. The van der Waals surface area contributed by atoms with Gasteiger partial charge in [-0.2, -0.15) is 0 Å². The van der Waals surface area contributed by atoms with Crippen LogP contribution in [0.2, 0.25) is 0 Å². The summed E-state index contributed by atoms with van der Waals surface area (Å²) < 4.78 is 0. The van der Waals surface area contributed by atoms with Crippen LogP contribution in [0, 0.1) is 12.8 Å². The average Bonchev–Trinajstić information content (AvgIpc) is 2.12. The lowest BCUT2D eigenvalue weighted by Gasteiger charge is -2.54. The van der Waals surface area contributed by atoms with E-state index in [1.807, 2.05) is 0 Å². The van der Waals surface area contributed by atoms with E-state index in [4.69, 9.17) is 0 Å². The van der Waals surface area contributed by atoms with Crippen LogP contribution in [0.15, 0.2) is 24.3 Å². The molecule has 0 amide bonds. The van der Waals surface area contributed by atoms with Crippen LogP contribution in [0.4, 0.5) is 0 Å². The predicted molar refractivity (Wildman–Crippen MR) is 53.8 cm³/mol. The Labute approximate surface area is 79.2 Å². The molecule has 1 aliphatic carbocycles. The highest BCUT2D eigenvalue weighted by Gasteiger charge is 2.47. The number of aryl methyl sites for hydroxylation is 1. The number of hydrogen-bond acceptors (Lipinski definition) is 1. The van der Waals surface area contributed by atoms with Crippen molar-refractivity contribution in [2.45, 2.75) is 25.3 Å². The Bertz CT molecular complexity index is 314. The molecule has 1 saturated heterocycles. The molecule has 3 atom stereocenters. The largest absolute Gasteiger partial charge is 0.313 e. The summed E-state index contributed by atoms with van der Waals surface area (Å²) in [5, 5.41) is 3.46. The minimum atomic E-state index is 0.853. The lowest BCUT2D eigenvalue weighted by atomic mass is 9.61. The average molecular weight is 173 g/mol. The van der Waals surface area contributed by atoms with Crippen molar-refractivity contribution in [2.24, 2.45) is 5.92 Å². The lowest BCUT2D eigenvalue weighted by Crippen LogP contribution is -2.63. The van der Waals surface area contributed by atoms with Crippen LogP contribution in [0.25, 0.3) is 0 Å². The van der Waals surface area contributed by atoms with Crippen molar-refractivity contribution < 1.29 is 0 Å². The smallest absolute Gasteiger partial charge is 0.0119 e. The highest BCUT2D eigenvalue weighted by molar-refractivity contribution is 5.29. The van der Waals surface area contributed by atoms with Crippen LogP contribution in [0.5, 0.6) is 0 Å². The molecule has 3 unspecified atom stereocenters. The van der Waals surface area contributed by atoms with E-state index >= 15 is 0 Å². The Balaban J connectivity index is 1.81. The molecule has 2 fully saturated rings. The molecule has 1 aromatic rings. The van der Waals surface area contributed by atoms with Crippen molar-refractivity contribution >= 4 is 0 Å². The molecule has 1 heterocycles. The normalized spacial score (nSPS) is 35.9. The Morgan fingerprint density at radius 3 is 2.46 bits per heavy atom. The summed E-state index contributed by atoms with van der Waals surface area (Å²) in [6.07, 6.45) is 1.35. The summed E-state index contributed by atoms with van der Waals surface area (Å²) in [5.74, 6) is 1.80. The highest BCUT2D eigenvalue weighted by Crippen LogP contribution is 2.46. The van der Waals surface area contributed by atoms with Gasteiger partial charge >= 0.3 is 0 Å². The van der Waals surface area contributed by atoms with E-state index in [2.05, 4.69) is 36.5 Å². The number of fused-ring (bicyclic) bond motifs is 1. The molecule has 3 rings (SSSR count). The van der Waals surface area contributed by atoms with Gasteiger partial charge in [0, 0.05) is 12.6 Å². The fraction of sp³-hybridized carbons (Fsp3) is 0.500. The number of hydrogen-bond donors (Lipinski definition) is 1. The molecule has 13 heavy (non-hydrogen) atoms. The van der Waals surface area contributed by atoms with E-state index in [1.54, 1.807) is 5.56 Å². The van der Waals surface area contributed by atoms with E-state index in [1.165, 1.54) is 18.5 Å². The van der Waals surface area contributed by atoms with E-state index in [9.17, 15) is 0 Å². The zero-order valence-corrected chi connectivity index (χ0v) is 7.96. The SMILES string of the molecule is Cc1ccc(C2CC3NCC32)cc1. The van der Waals surface area contributed by atoms with Crippen molar-refractivity contribution in [2.75, 3.05) is 6.54 Å². The molecule has 0 aromatic heterocycles. The molecule has 1 nitrogen and oxygen atoms in total. The van der Waals surface area contributed by atoms with Gasteiger partial charge in [-0.05, 0) is 30.7 Å². The highest BCUT2D eigenvalue weighted by atomic mass is 15.0. The van der Waals surface area contributed by atoms with Gasteiger partial charge in [0.15, 0.2) is 0 Å². The maximum atomic E-state index is 3.46. The lowest BCUT2D eigenvalue weighted by molar-refractivity contribution is 0.0751. The van der Waals surface area contributed by atoms with Crippen molar-refractivity contribution in [1.82, 2.24) is 5.32 Å². The summed E-state index contributed by atoms with van der Waals surface area (Å²) in [5.41, 5.74) is 2.92. The maximum absolute atomic E-state index is 3.46. The summed E-state index contributed by atoms with van der Waals surface area (Å²) in [6, 6.07) is 9.92. The Morgan fingerprint density at radius 1 is 1.23 bits per heavy atom. The van der Waals surface area contributed by atoms with Crippen molar-refractivity contribution in [3.8, 4) is 0 Å². The second-order valence-corrected chi connectivity index (χ2v) is 4.43. The predicted octanol–water partition coefficient (Wildman–Crippen LogP) is 2.07. The summed E-state index contributed by atoms with van der Waals surface area (Å²) in [4.78, 5) is 0. The van der Waals surface area contributed by atoms with Crippen LogP contribution in [-0.2, 0) is 0 Å². The molecule has 1 N–H and O–H groups in total. The maximum Gasteiger partial charge on any atom is 0.0119 e. The number of benzene rings is 1. The topological polar surface area (TPSA) is 12.0 Å². The van der Waals surface area contributed by atoms with Gasteiger partial charge in [-0.15, -0.1) is 0 Å². The Hall–Kier alpha value is -0.820. The van der Waals surface area contributed by atoms with E-state index in [0.717, 1.165) is 17.9 Å². The van der Waals surface area contributed by atoms with Crippen molar-refractivity contribution in [3.63, 3.8) is 0 Å². The van der Waals surface area contributed by atoms with Gasteiger partial charge in [0.25, 0.3) is 0 Å². The first-order chi connectivity index (χ1) is 6.34. The van der Waals surface area contributed by atoms with Gasteiger partial charge in [0.1, 0.15) is 0 Å². The van der Waals surface area contributed by atoms with Gasteiger partial charge in [-0.3, -0.25) is 0 Å². The van der Waals surface area contributed by atoms with Crippen molar-refractivity contribution in [1.29, 1.82) is 0 Å². The summed E-state index contributed by atoms with van der Waals surface area (Å²) in [7, 11) is 0. The first-order valence-corrected chi connectivity index (χ1v) is 5.14. The van der Waals surface area contributed by atoms with Gasteiger partial charge in [0.05, 0.1) is 0 Å². The zero-order valence-electron chi connectivity index (χ0n) is 7.96. The molecule has 1 aliphatic heterocycles. The monoisotopic (exact) mass is 173 g/mol. The van der Waals surface area contributed by atoms with Gasteiger partial charge in [0.2, 0.25) is 0 Å². The molecule has 1 heteroatoms. The molecule has 1 aromatic carbocycles. The Kier molecular flexibility index (Phi) is 1.50. The van der Waals surface area contributed by atoms with E-state index in [-0.39, 0.29) is 0 Å². The first kappa shape index (κ1) is 7.57. The standard InChI is InChI=1S/C12H15N/c1-8-2-4-9(5-3-8)10-6-12-11(10)7-13-12/h2-5,10-13H,6-7H2,1H3. The molecule has 68 valence electrons. The molecular formula is C12H15N. The summed E-state index contributed by atoms with van der Waals surface area (Å²) >= 11 is 0. The second kappa shape index (κ2) is 2.58. The molecule has 1 saturated carbocycles. The van der Waals surface area contributed by atoms with Gasteiger partial charge in [-0.25, -0.2) is 0 Å². The molecule has 2 aliphatic rings. The van der Waals surface area contributed by atoms with Crippen molar-refractivity contribution in [3.05, 3.63) is 35.4 Å². The van der Waals surface area contributed by atoms with Crippen LogP contribution >= 0.6 is 0 Å². The number of piperidine rings is 1. The first-order valence-electron chi connectivity index (χ1n) is 5.14. The third-order valence-corrected chi connectivity index (χ3v) is 3.66. The van der Waals surface area contributed by atoms with E-state index in [0.29, 0.717) is 0 Å². The third kappa shape index (κ3) is 1.03. The minimum Gasteiger partial charge on any atom is -0.313 e. The summed E-state index contributed by atoms with van der Waals surface area (Å²) in [6.45, 7) is 3.39. The van der Waals surface area contributed by atoms with Crippen LogP contribution < -0.4 is 5.32 Å². The fourth-order valence-corrected chi connectivity index (χ4v) is 2.55. The molecule has 0 radical (unpaired) electrons. The molecule has 0 bridgehead atoms.